The van der Waals surface area contributed by atoms with E-state index in [2.05, 4.69) is 12.7 Å². The summed E-state index contributed by atoms with van der Waals surface area (Å²) in [6, 6.07) is 0. The molecule has 6 nitrogen and oxygen atoms in total. The second kappa shape index (κ2) is 8.96. The molecule has 0 amide bonds. The Morgan fingerprint density at radius 1 is 1.38 bits per heavy atom. The van der Waals surface area contributed by atoms with Gasteiger partial charge in [-0.2, -0.15) is 0 Å². The summed E-state index contributed by atoms with van der Waals surface area (Å²) in [7, 11) is 0. The zero-order valence-electron chi connectivity index (χ0n) is 15.2. The van der Waals surface area contributed by atoms with E-state index < -0.39 is 36.7 Å². The van der Waals surface area contributed by atoms with E-state index in [-0.39, 0.29) is 17.8 Å². The molecule has 0 unspecified atom stereocenters. The number of rotatable bonds is 4. The van der Waals surface area contributed by atoms with Gasteiger partial charge in [-0.25, -0.2) is 9.59 Å². The van der Waals surface area contributed by atoms with Crippen LogP contribution in [0, 0.1) is 5.92 Å². The van der Waals surface area contributed by atoms with Crippen molar-refractivity contribution in [3.63, 3.8) is 0 Å². The van der Waals surface area contributed by atoms with Crippen LogP contribution >= 0.6 is 0 Å². The molecule has 1 heterocycles. The first kappa shape index (κ1) is 20.1. The first-order chi connectivity index (χ1) is 12.4. The molecule has 0 spiro atoms. The first-order valence-electron chi connectivity index (χ1n) is 8.71. The minimum absolute atomic E-state index is 0.0228. The number of carbonyl (C=O) groups is 2. The van der Waals surface area contributed by atoms with Crippen LogP contribution in [0.4, 0.5) is 0 Å². The van der Waals surface area contributed by atoms with Gasteiger partial charge in [-0.15, -0.1) is 0 Å². The van der Waals surface area contributed by atoms with E-state index in [4.69, 9.17) is 14.6 Å². The lowest BCUT2D eigenvalue weighted by Crippen LogP contribution is -2.34. The molecule has 142 valence electrons. The van der Waals surface area contributed by atoms with Gasteiger partial charge in [0.15, 0.2) is 0 Å². The van der Waals surface area contributed by atoms with Crippen molar-refractivity contribution in [3.8, 4) is 0 Å². The van der Waals surface area contributed by atoms with Gasteiger partial charge in [-0.1, -0.05) is 23.8 Å². The second-order valence-electron chi connectivity index (χ2n) is 6.74. The van der Waals surface area contributed by atoms with E-state index in [1.807, 2.05) is 19.9 Å². The van der Waals surface area contributed by atoms with Crippen molar-refractivity contribution in [1.82, 2.24) is 0 Å². The molecule has 0 aromatic rings. The van der Waals surface area contributed by atoms with Crippen molar-refractivity contribution >= 4 is 11.9 Å². The van der Waals surface area contributed by atoms with Crippen LogP contribution in [0.2, 0.25) is 0 Å². The van der Waals surface area contributed by atoms with Gasteiger partial charge in [0.2, 0.25) is 0 Å². The fourth-order valence-corrected chi connectivity index (χ4v) is 3.27. The smallest absolute Gasteiger partial charge is 0.336 e. The van der Waals surface area contributed by atoms with Gasteiger partial charge in [0, 0.05) is 12.0 Å². The van der Waals surface area contributed by atoms with Gasteiger partial charge in [0.25, 0.3) is 0 Å². The Morgan fingerprint density at radius 2 is 2.12 bits per heavy atom. The maximum atomic E-state index is 12.4. The zero-order chi connectivity index (χ0) is 19.3. The Kier molecular flexibility index (Phi) is 6.94. The normalized spacial score (nSPS) is 31.2. The minimum Gasteiger partial charge on any atom is -0.458 e. The van der Waals surface area contributed by atoms with Crippen LogP contribution in [0.1, 0.15) is 33.1 Å². The van der Waals surface area contributed by atoms with Crippen molar-refractivity contribution in [2.24, 2.45) is 5.92 Å². The number of hydrogen-bond donors (Lipinski definition) is 2. The number of aliphatic hydroxyl groups is 2. The molecule has 0 saturated carbocycles. The second-order valence-corrected chi connectivity index (χ2v) is 6.74. The van der Waals surface area contributed by atoms with E-state index in [0.29, 0.717) is 6.42 Å². The molecule has 3 atom stereocenters. The highest BCUT2D eigenvalue weighted by Crippen LogP contribution is 2.36. The molecule has 1 aliphatic carbocycles. The van der Waals surface area contributed by atoms with Crippen molar-refractivity contribution < 1.29 is 29.3 Å². The van der Waals surface area contributed by atoms with Crippen LogP contribution in [0.15, 0.2) is 47.1 Å². The molecule has 26 heavy (non-hydrogen) atoms. The largest absolute Gasteiger partial charge is 0.458 e. The number of aliphatic hydroxyl groups excluding tert-OH is 2. The molecule has 0 bridgehead atoms. The molecule has 1 aliphatic heterocycles. The zero-order valence-corrected chi connectivity index (χ0v) is 15.2. The Morgan fingerprint density at radius 3 is 2.77 bits per heavy atom. The van der Waals surface area contributed by atoms with Gasteiger partial charge in [0.05, 0.1) is 24.7 Å². The summed E-state index contributed by atoms with van der Waals surface area (Å²) in [5.74, 6) is -1.70. The van der Waals surface area contributed by atoms with Crippen LogP contribution in [-0.4, -0.2) is 47.6 Å². The van der Waals surface area contributed by atoms with Crippen molar-refractivity contribution in [2.75, 3.05) is 13.2 Å². The number of fused-ring (bicyclic) bond motifs is 1. The van der Waals surface area contributed by atoms with E-state index in [1.54, 1.807) is 0 Å². The summed E-state index contributed by atoms with van der Waals surface area (Å²) in [6.45, 7) is 6.85. The number of allylic oxidation sites excluding steroid dienone is 2. The van der Waals surface area contributed by atoms with E-state index in [9.17, 15) is 14.7 Å². The quantitative estimate of drug-likeness (QED) is 0.451. The lowest BCUT2D eigenvalue weighted by atomic mass is 9.85. The molecule has 1 fully saturated rings. The van der Waals surface area contributed by atoms with Crippen molar-refractivity contribution in [3.05, 3.63) is 47.1 Å². The van der Waals surface area contributed by atoms with Crippen LogP contribution in [0.5, 0.6) is 0 Å². The first-order valence-corrected chi connectivity index (χ1v) is 8.71. The summed E-state index contributed by atoms with van der Waals surface area (Å²) in [6.07, 6.45) is 6.17. The van der Waals surface area contributed by atoms with Crippen LogP contribution in [0.25, 0.3) is 0 Å². The van der Waals surface area contributed by atoms with Gasteiger partial charge in [-0.3, -0.25) is 0 Å². The number of hydrogen-bond acceptors (Lipinski definition) is 6. The third-order valence-corrected chi connectivity index (χ3v) is 4.69. The topological polar surface area (TPSA) is 93.1 Å². The number of carbonyl (C=O) groups excluding carboxylic acids is 2. The third kappa shape index (κ3) is 4.71. The summed E-state index contributed by atoms with van der Waals surface area (Å²) in [5.41, 5.74) is 2.39. The third-order valence-electron chi connectivity index (χ3n) is 4.69. The van der Waals surface area contributed by atoms with Crippen molar-refractivity contribution in [1.29, 1.82) is 0 Å². The van der Waals surface area contributed by atoms with Crippen LogP contribution in [0.3, 0.4) is 0 Å². The molecule has 2 N–H and O–H groups in total. The predicted octanol–water partition coefficient (Wildman–Crippen LogP) is 1.98. The Labute approximate surface area is 153 Å². The summed E-state index contributed by atoms with van der Waals surface area (Å²) < 4.78 is 11.1. The predicted molar refractivity (Wildman–Crippen MR) is 96.0 cm³/mol. The maximum absolute atomic E-state index is 12.4. The number of ether oxygens (including phenoxy) is 2. The van der Waals surface area contributed by atoms with E-state index >= 15 is 0 Å². The summed E-state index contributed by atoms with van der Waals surface area (Å²) in [4.78, 5) is 24.4. The fraction of sp³-hybridized carbons (Fsp3) is 0.500. The molecular weight excluding hydrogens is 336 g/mol. The molecule has 6 heteroatoms. The Balaban J connectivity index is 2.36. The molecule has 0 aromatic heterocycles. The Hall–Kier alpha value is -2.18. The van der Waals surface area contributed by atoms with Crippen LogP contribution in [-0.2, 0) is 19.1 Å². The van der Waals surface area contributed by atoms with E-state index in [0.717, 1.165) is 24.0 Å². The highest BCUT2D eigenvalue weighted by atomic mass is 16.6. The molecule has 2 aliphatic rings. The van der Waals surface area contributed by atoms with Gasteiger partial charge < -0.3 is 19.7 Å². The van der Waals surface area contributed by atoms with E-state index in [1.165, 1.54) is 6.08 Å². The molecular formula is C20H26O6. The van der Waals surface area contributed by atoms with Crippen molar-refractivity contribution in [2.45, 2.75) is 45.3 Å². The summed E-state index contributed by atoms with van der Waals surface area (Å²) in [5, 5.41) is 18.3. The average molecular weight is 362 g/mol. The fourth-order valence-electron chi connectivity index (χ4n) is 3.27. The number of esters is 2. The molecule has 2 rings (SSSR count). The maximum Gasteiger partial charge on any atom is 0.336 e. The molecule has 1 saturated heterocycles. The minimum atomic E-state index is -0.719. The Bertz CT molecular complexity index is 670. The van der Waals surface area contributed by atoms with Crippen LogP contribution < -0.4 is 0 Å². The highest BCUT2D eigenvalue weighted by molar-refractivity contribution is 5.92. The lowest BCUT2D eigenvalue weighted by molar-refractivity contribution is -0.147. The molecule has 0 radical (unpaired) electrons. The summed E-state index contributed by atoms with van der Waals surface area (Å²) >= 11 is 0. The highest BCUT2D eigenvalue weighted by Gasteiger charge is 2.44. The standard InChI is InChI=1S/C20H26O6/c1-12-5-4-6-13(2)10-17(26-20(24)15(11-22)7-8-21)18-14(3)19(23)25-16(18)9-12/h6-7,9,16-18,21-22H,3-5,8,10-11H2,1-2H3/b12-9+,13-6+,15-7+/t16-,17+,18-/m0/s1. The SMILES string of the molecule is C=C1C(=O)O[C@H]2/C=C(\C)CC/C=C(\C)C[C@@H](OC(=O)/C(=C/CO)CO)[C@@H]12. The lowest BCUT2D eigenvalue weighted by Gasteiger charge is -2.27. The molecule has 0 aromatic carbocycles. The average Bonchev–Trinajstić information content (AvgIpc) is 2.85. The van der Waals surface area contributed by atoms with Gasteiger partial charge in [-0.05, 0) is 38.8 Å². The monoisotopic (exact) mass is 362 g/mol. The van der Waals surface area contributed by atoms with Gasteiger partial charge in [0.1, 0.15) is 12.2 Å². The van der Waals surface area contributed by atoms with Gasteiger partial charge >= 0.3 is 11.9 Å².